The highest BCUT2D eigenvalue weighted by atomic mass is 32.2. The van der Waals surface area contributed by atoms with E-state index < -0.39 is 10.0 Å². The van der Waals surface area contributed by atoms with E-state index in [0.717, 1.165) is 5.56 Å². The normalized spacial score (nSPS) is 13.5. The summed E-state index contributed by atoms with van der Waals surface area (Å²) >= 11 is 0. The Morgan fingerprint density at radius 2 is 2.13 bits per heavy atom. The van der Waals surface area contributed by atoms with Gasteiger partial charge in [0.2, 0.25) is 10.0 Å². The fraction of sp³-hybridized carbons (Fsp3) is 0.333. The summed E-state index contributed by atoms with van der Waals surface area (Å²) in [5, 5.41) is 7.82. The van der Waals surface area contributed by atoms with Crippen molar-refractivity contribution < 1.29 is 8.42 Å². The van der Waals surface area contributed by atoms with Crippen molar-refractivity contribution >= 4 is 10.0 Å². The van der Waals surface area contributed by atoms with Gasteiger partial charge in [-0.15, -0.1) is 0 Å². The number of hydrogen-bond donors (Lipinski definition) is 1. The molecule has 15 heavy (non-hydrogen) atoms. The number of nitrogens with two attached hydrogens (primary N) is 1. The standard InChI is InChI=1S/C9H12N2O3S/c1-7(11-12)5-8-3-2-4-9(6-8)15(10,13)14/h2-4,6-7H,5H2,1H3,(H2,10,13,14). The van der Waals surface area contributed by atoms with Crippen LogP contribution in [0.25, 0.3) is 0 Å². The predicted octanol–water partition coefficient (Wildman–Crippen LogP) is 1.03. The topological polar surface area (TPSA) is 89.6 Å². The van der Waals surface area contributed by atoms with Crippen LogP contribution in [0.2, 0.25) is 0 Å². The molecular weight excluding hydrogens is 216 g/mol. The highest BCUT2D eigenvalue weighted by Gasteiger charge is 2.09. The largest absolute Gasteiger partial charge is 0.238 e. The van der Waals surface area contributed by atoms with E-state index in [2.05, 4.69) is 5.18 Å². The number of sulfonamides is 1. The van der Waals surface area contributed by atoms with Gasteiger partial charge in [0.25, 0.3) is 0 Å². The summed E-state index contributed by atoms with van der Waals surface area (Å²) in [5.41, 5.74) is 0.730. The van der Waals surface area contributed by atoms with Gasteiger partial charge in [0.1, 0.15) is 0 Å². The molecule has 1 aromatic rings. The summed E-state index contributed by atoms with van der Waals surface area (Å²) in [6.45, 7) is 1.66. The third-order valence-electron chi connectivity index (χ3n) is 1.94. The summed E-state index contributed by atoms with van der Waals surface area (Å²) in [4.78, 5) is 10.3. The van der Waals surface area contributed by atoms with Crippen LogP contribution in [0, 0.1) is 4.91 Å². The van der Waals surface area contributed by atoms with Gasteiger partial charge in [-0.2, -0.15) is 4.91 Å². The quantitative estimate of drug-likeness (QED) is 0.780. The molecule has 0 saturated heterocycles. The van der Waals surface area contributed by atoms with Crippen LogP contribution >= 0.6 is 0 Å². The second-order valence-electron chi connectivity index (χ2n) is 3.35. The first-order chi connectivity index (χ1) is 6.93. The fourth-order valence-corrected chi connectivity index (χ4v) is 1.81. The lowest BCUT2D eigenvalue weighted by Crippen LogP contribution is -2.12. The molecule has 1 rings (SSSR count). The predicted molar refractivity (Wildman–Crippen MR) is 56.8 cm³/mol. The molecule has 0 heterocycles. The van der Waals surface area contributed by atoms with Crippen molar-refractivity contribution in [2.45, 2.75) is 24.3 Å². The summed E-state index contributed by atoms with van der Waals surface area (Å²) in [5.74, 6) is 0. The van der Waals surface area contributed by atoms with Gasteiger partial charge < -0.3 is 0 Å². The molecule has 6 heteroatoms. The molecule has 0 spiro atoms. The van der Waals surface area contributed by atoms with Crippen molar-refractivity contribution in [2.24, 2.45) is 10.3 Å². The van der Waals surface area contributed by atoms with Crippen molar-refractivity contribution in [2.75, 3.05) is 0 Å². The van der Waals surface area contributed by atoms with Crippen molar-refractivity contribution in [1.29, 1.82) is 0 Å². The lowest BCUT2D eigenvalue weighted by molar-refractivity contribution is 0.597. The smallest absolute Gasteiger partial charge is 0.225 e. The third-order valence-corrected chi connectivity index (χ3v) is 2.85. The number of benzene rings is 1. The molecule has 0 aromatic heterocycles. The molecule has 0 bridgehead atoms. The van der Waals surface area contributed by atoms with Crippen molar-refractivity contribution in [3.8, 4) is 0 Å². The minimum atomic E-state index is -3.68. The van der Waals surface area contributed by atoms with E-state index in [9.17, 15) is 13.3 Å². The molecule has 5 nitrogen and oxygen atoms in total. The molecule has 0 aliphatic heterocycles. The zero-order valence-corrected chi connectivity index (χ0v) is 9.07. The van der Waals surface area contributed by atoms with Crippen LogP contribution in [-0.4, -0.2) is 14.5 Å². The zero-order chi connectivity index (χ0) is 11.5. The van der Waals surface area contributed by atoms with E-state index in [0.29, 0.717) is 6.42 Å². The first-order valence-corrected chi connectivity index (χ1v) is 5.92. The molecule has 0 amide bonds. The Hall–Kier alpha value is -1.27. The molecular formula is C9H12N2O3S. The van der Waals surface area contributed by atoms with Crippen molar-refractivity contribution in [1.82, 2.24) is 0 Å². The van der Waals surface area contributed by atoms with Gasteiger partial charge in [-0.05, 0) is 31.0 Å². The second kappa shape index (κ2) is 4.50. The lowest BCUT2D eigenvalue weighted by Gasteiger charge is -2.04. The third kappa shape index (κ3) is 3.41. The monoisotopic (exact) mass is 228 g/mol. The number of rotatable bonds is 4. The van der Waals surface area contributed by atoms with Gasteiger partial charge in [0.15, 0.2) is 0 Å². The van der Waals surface area contributed by atoms with Gasteiger partial charge in [-0.3, -0.25) is 0 Å². The summed E-state index contributed by atoms with van der Waals surface area (Å²) < 4.78 is 22.1. The number of primary sulfonamides is 1. The molecule has 2 N–H and O–H groups in total. The zero-order valence-electron chi connectivity index (χ0n) is 8.25. The van der Waals surface area contributed by atoms with Crippen LogP contribution < -0.4 is 5.14 Å². The maximum atomic E-state index is 11.0. The molecule has 1 aromatic carbocycles. The van der Waals surface area contributed by atoms with Gasteiger partial charge in [-0.25, -0.2) is 13.6 Å². The fourth-order valence-electron chi connectivity index (χ4n) is 1.23. The summed E-state index contributed by atoms with van der Waals surface area (Å²) in [6, 6.07) is 5.82. The average Bonchev–Trinajstić information content (AvgIpc) is 2.17. The Balaban J connectivity index is 2.98. The van der Waals surface area contributed by atoms with Crippen molar-refractivity contribution in [3.05, 3.63) is 34.7 Å². The van der Waals surface area contributed by atoms with E-state index in [1.807, 2.05) is 0 Å². The van der Waals surface area contributed by atoms with Crippen molar-refractivity contribution in [3.63, 3.8) is 0 Å². The van der Waals surface area contributed by atoms with Gasteiger partial charge in [0.05, 0.1) is 10.9 Å². The Bertz CT molecular complexity index is 456. The molecule has 0 radical (unpaired) electrons. The van der Waals surface area contributed by atoms with E-state index in [4.69, 9.17) is 5.14 Å². The van der Waals surface area contributed by atoms with E-state index >= 15 is 0 Å². The maximum absolute atomic E-state index is 11.0. The van der Waals surface area contributed by atoms with E-state index in [1.54, 1.807) is 19.1 Å². The Morgan fingerprint density at radius 3 is 2.67 bits per heavy atom. The number of hydrogen-bond acceptors (Lipinski definition) is 4. The average molecular weight is 228 g/mol. The van der Waals surface area contributed by atoms with Crippen LogP contribution in [0.5, 0.6) is 0 Å². The van der Waals surface area contributed by atoms with Gasteiger partial charge in [-0.1, -0.05) is 17.3 Å². The molecule has 0 aliphatic carbocycles. The molecule has 82 valence electrons. The first-order valence-electron chi connectivity index (χ1n) is 4.37. The Morgan fingerprint density at radius 1 is 1.47 bits per heavy atom. The van der Waals surface area contributed by atoms with Crippen LogP contribution in [-0.2, 0) is 16.4 Å². The molecule has 1 atom stereocenters. The van der Waals surface area contributed by atoms with Gasteiger partial charge in [0, 0.05) is 0 Å². The van der Waals surface area contributed by atoms with Crippen LogP contribution in [0.3, 0.4) is 0 Å². The van der Waals surface area contributed by atoms with E-state index in [-0.39, 0.29) is 10.9 Å². The number of nitrogens with zero attached hydrogens (tertiary/aromatic N) is 1. The second-order valence-corrected chi connectivity index (χ2v) is 4.91. The Labute approximate surface area is 88.3 Å². The molecule has 0 aliphatic rings. The van der Waals surface area contributed by atoms with E-state index in [1.165, 1.54) is 12.1 Å². The molecule has 0 saturated carbocycles. The number of nitroso groups, excluding NO2 is 1. The minimum Gasteiger partial charge on any atom is -0.225 e. The molecule has 0 fully saturated rings. The maximum Gasteiger partial charge on any atom is 0.238 e. The minimum absolute atomic E-state index is 0.0538. The highest BCUT2D eigenvalue weighted by Crippen LogP contribution is 2.12. The molecule has 1 unspecified atom stereocenters. The SMILES string of the molecule is CC(Cc1cccc(S(N)(=O)=O)c1)N=O. The van der Waals surface area contributed by atoms with Crippen LogP contribution in [0.1, 0.15) is 12.5 Å². The Kier molecular flexibility index (Phi) is 3.54. The lowest BCUT2D eigenvalue weighted by atomic mass is 10.1. The highest BCUT2D eigenvalue weighted by molar-refractivity contribution is 7.89. The summed E-state index contributed by atoms with van der Waals surface area (Å²) in [7, 11) is -3.68. The van der Waals surface area contributed by atoms with Crippen LogP contribution in [0.15, 0.2) is 34.3 Å². The van der Waals surface area contributed by atoms with Gasteiger partial charge >= 0.3 is 0 Å². The van der Waals surface area contributed by atoms with Crippen LogP contribution in [0.4, 0.5) is 0 Å². The first kappa shape index (κ1) is 11.8. The summed E-state index contributed by atoms with van der Waals surface area (Å²) in [6.07, 6.45) is 0.410.